The molecule has 0 aliphatic carbocycles. The van der Waals surface area contributed by atoms with Gasteiger partial charge in [-0.3, -0.25) is 14.5 Å². The van der Waals surface area contributed by atoms with Crippen molar-refractivity contribution < 1.29 is 19.1 Å². The number of rotatable bonds is 4. The molecule has 1 aromatic heterocycles. The standard InChI is InChI=1S/C12H17N3O4S/c1-8-7-20-12(13-8)14-10(16)5-15-3-4-19-6-9(15)11(17)18-2/h7,9H,3-6H2,1-2H3,(H,13,14,16). The second-order valence-electron chi connectivity index (χ2n) is 4.43. The first kappa shape index (κ1) is 14.9. The molecule has 20 heavy (non-hydrogen) atoms. The van der Waals surface area contributed by atoms with Crippen molar-refractivity contribution in [1.29, 1.82) is 0 Å². The van der Waals surface area contributed by atoms with Crippen molar-refractivity contribution in [2.75, 3.05) is 38.7 Å². The van der Waals surface area contributed by atoms with Crippen molar-refractivity contribution in [2.24, 2.45) is 0 Å². The van der Waals surface area contributed by atoms with Crippen LogP contribution in [0.1, 0.15) is 5.69 Å². The van der Waals surface area contributed by atoms with E-state index in [-0.39, 0.29) is 25.0 Å². The second-order valence-corrected chi connectivity index (χ2v) is 5.28. The molecular formula is C12H17N3O4S. The summed E-state index contributed by atoms with van der Waals surface area (Å²) in [4.78, 5) is 29.5. The molecule has 0 bridgehead atoms. The van der Waals surface area contributed by atoms with E-state index >= 15 is 0 Å². The highest BCUT2D eigenvalue weighted by molar-refractivity contribution is 7.13. The number of thiazole rings is 1. The van der Waals surface area contributed by atoms with Crippen molar-refractivity contribution in [1.82, 2.24) is 9.88 Å². The van der Waals surface area contributed by atoms with E-state index in [0.29, 0.717) is 18.3 Å². The van der Waals surface area contributed by atoms with Gasteiger partial charge in [-0.2, -0.15) is 0 Å². The maximum atomic E-state index is 12.0. The van der Waals surface area contributed by atoms with E-state index in [0.717, 1.165) is 5.69 Å². The van der Waals surface area contributed by atoms with E-state index in [9.17, 15) is 9.59 Å². The Morgan fingerprint density at radius 3 is 3.10 bits per heavy atom. The van der Waals surface area contributed by atoms with Crippen molar-refractivity contribution >= 4 is 28.3 Å². The first-order chi connectivity index (χ1) is 9.60. The summed E-state index contributed by atoms with van der Waals surface area (Å²) in [6.07, 6.45) is 0. The molecule has 1 aliphatic rings. The third-order valence-electron chi connectivity index (χ3n) is 2.92. The first-order valence-corrected chi connectivity index (χ1v) is 7.09. The van der Waals surface area contributed by atoms with E-state index < -0.39 is 6.04 Å². The summed E-state index contributed by atoms with van der Waals surface area (Å²) in [5, 5.41) is 5.15. The Hall–Kier alpha value is -1.51. The Morgan fingerprint density at radius 2 is 2.45 bits per heavy atom. The van der Waals surface area contributed by atoms with Crippen LogP contribution in [-0.4, -0.2) is 61.2 Å². The van der Waals surface area contributed by atoms with Crippen molar-refractivity contribution in [3.63, 3.8) is 0 Å². The van der Waals surface area contributed by atoms with E-state index in [2.05, 4.69) is 10.3 Å². The van der Waals surface area contributed by atoms with Crippen molar-refractivity contribution in [3.05, 3.63) is 11.1 Å². The molecule has 0 aromatic carbocycles. The fourth-order valence-electron chi connectivity index (χ4n) is 1.94. The molecular weight excluding hydrogens is 282 g/mol. The summed E-state index contributed by atoms with van der Waals surface area (Å²) >= 11 is 1.37. The van der Waals surface area contributed by atoms with E-state index in [1.54, 1.807) is 4.90 Å². The van der Waals surface area contributed by atoms with Gasteiger partial charge in [-0.25, -0.2) is 4.98 Å². The highest BCUT2D eigenvalue weighted by Crippen LogP contribution is 2.15. The highest BCUT2D eigenvalue weighted by atomic mass is 32.1. The number of aryl methyl sites for hydroxylation is 1. The number of hydrogen-bond acceptors (Lipinski definition) is 7. The molecule has 1 saturated heterocycles. The Morgan fingerprint density at radius 1 is 1.65 bits per heavy atom. The van der Waals surface area contributed by atoms with Gasteiger partial charge in [0.15, 0.2) is 5.13 Å². The van der Waals surface area contributed by atoms with Crippen LogP contribution in [0.15, 0.2) is 5.38 Å². The normalized spacial score (nSPS) is 19.6. The summed E-state index contributed by atoms with van der Waals surface area (Å²) in [6.45, 7) is 3.24. The number of anilines is 1. The Balaban J connectivity index is 1.92. The Labute approximate surface area is 120 Å². The van der Waals surface area contributed by atoms with Gasteiger partial charge in [0.25, 0.3) is 0 Å². The molecule has 1 fully saturated rings. The van der Waals surface area contributed by atoms with E-state index in [1.165, 1.54) is 18.4 Å². The fourth-order valence-corrected chi connectivity index (χ4v) is 2.64. The maximum Gasteiger partial charge on any atom is 0.325 e. The number of methoxy groups -OCH3 is 1. The lowest BCUT2D eigenvalue weighted by Gasteiger charge is -2.32. The van der Waals surface area contributed by atoms with Crippen molar-refractivity contribution in [2.45, 2.75) is 13.0 Å². The lowest BCUT2D eigenvalue weighted by Crippen LogP contribution is -2.52. The smallest absolute Gasteiger partial charge is 0.325 e. The van der Waals surface area contributed by atoms with Crippen LogP contribution >= 0.6 is 11.3 Å². The van der Waals surface area contributed by atoms with Crippen LogP contribution in [0.5, 0.6) is 0 Å². The predicted octanol–water partition coefficient (Wildman–Crippen LogP) is 0.264. The SMILES string of the molecule is COC(=O)C1COCCN1CC(=O)Nc1nc(C)cs1. The number of ether oxygens (including phenoxy) is 2. The number of esters is 1. The van der Waals surface area contributed by atoms with Crippen LogP contribution in [0.25, 0.3) is 0 Å². The van der Waals surface area contributed by atoms with Crippen LogP contribution in [0.4, 0.5) is 5.13 Å². The zero-order valence-electron chi connectivity index (χ0n) is 11.4. The molecule has 2 heterocycles. The lowest BCUT2D eigenvalue weighted by molar-refractivity contribution is -0.153. The molecule has 0 saturated carbocycles. The third-order valence-corrected chi connectivity index (χ3v) is 3.80. The number of hydrogen-bond donors (Lipinski definition) is 1. The zero-order chi connectivity index (χ0) is 14.5. The minimum Gasteiger partial charge on any atom is -0.468 e. The maximum absolute atomic E-state index is 12.0. The van der Waals surface area contributed by atoms with Gasteiger partial charge in [-0.15, -0.1) is 11.3 Å². The summed E-state index contributed by atoms with van der Waals surface area (Å²) in [7, 11) is 1.33. The number of amides is 1. The monoisotopic (exact) mass is 299 g/mol. The van der Waals surface area contributed by atoms with Crippen LogP contribution in [0, 0.1) is 6.92 Å². The minimum atomic E-state index is -0.530. The summed E-state index contributed by atoms with van der Waals surface area (Å²) in [5.74, 6) is -0.585. The fraction of sp³-hybridized carbons (Fsp3) is 0.583. The molecule has 8 heteroatoms. The molecule has 0 spiro atoms. The molecule has 1 aromatic rings. The largest absolute Gasteiger partial charge is 0.468 e. The van der Waals surface area contributed by atoms with Gasteiger partial charge in [0.05, 0.1) is 32.6 Å². The summed E-state index contributed by atoms with van der Waals surface area (Å²) in [6, 6.07) is -0.530. The van der Waals surface area contributed by atoms with Crippen LogP contribution in [0.2, 0.25) is 0 Å². The quantitative estimate of drug-likeness (QED) is 0.804. The molecule has 1 N–H and O–H groups in total. The zero-order valence-corrected chi connectivity index (χ0v) is 12.2. The van der Waals surface area contributed by atoms with Gasteiger partial charge in [0.2, 0.25) is 5.91 Å². The number of nitrogens with one attached hydrogen (secondary N) is 1. The Kier molecular flexibility index (Phi) is 5.05. The molecule has 1 atom stereocenters. The summed E-state index contributed by atoms with van der Waals surface area (Å²) in [5.41, 5.74) is 0.865. The van der Waals surface area contributed by atoms with Crippen LogP contribution in [-0.2, 0) is 19.1 Å². The number of nitrogens with zero attached hydrogens (tertiary/aromatic N) is 2. The molecule has 0 radical (unpaired) electrons. The molecule has 1 unspecified atom stereocenters. The van der Waals surface area contributed by atoms with E-state index in [4.69, 9.17) is 9.47 Å². The molecule has 2 rings (SSSR count). The average Bonchev–Trinajstić information content (AvgIpc) is 2.83. The third kappa shape index (κ3) is 3.75. The number of carbonyl (C=O) groups excluding carboxylic acids is 2. The topological polar surface area (TPSA) is 80.8 Å². The van der Waals surface area contributed by atoms with Gasteiger partial charge in [-0.1, -0.05) is 0 Å². The highest BCUT2D eigenvalue weighted by Gasteiger charge is 2.31. The number of carbonyl (C=O) groups is 2. The molecule has 1 aliphatic heterocycles. The van der Waals surface area contributed by atoms with Gasteiger partial charge in [0, 0.05) is 11.9 Å². The van der Waals surface area contributed by atoms with Crippen LogP contribution < -0.4 is 5.32 Å². The molecule has 1 amide bonds. The average molecular weight is 299 g/mol. The van der Waals surface area contributed by atoms with Crippen LogP contribution in [0.3, 0.4) is 0 Å². The molecule has 110 valence electrons. The number of aromatic nitrogens is 1. The van der Waals surface area contributed by atoms with Crippen molar-refractivity contribution in [3.8, 4) is 0 Å². The van der Waals surface area contributed by atoms with Gasteiger partial charge >= 0.3 is 5.97 Å². The minimum absolute atomic E-state index is 0.113. The van der Waals surface area contributed by atoms with Gasteiger partial charge in [-0.05, 0) is 6.92 Å². The second kappa shape index (κ2) is 6.78. The van der Waals surface area contributed by atoms with Gasteiger partial charge < -0.3 is 14.8 Å². The first-order valence-electron chi connectivity index (χ1n) is 6.21. The predicted molar refractivity (Wildman–Crippen MR) is 73.7 cm³/mol. The van der Waals surface area contributed by atoms with Gasteiger partial charge in [0.1, 0.15) is 6.04 Å². The number of morpholine rings is 1. The summed E-state index contributed by atoms with van der Waals surface area (Å²) < 4.78 is 9.97. The lowest BCUT2D eigenvalue weighted by atomic mass is 10.2. The van der Waals surface area contributed by atoms with E-state index in [1.807, 2.05) is 12.3 Å². The Bertz CT molecular complexity index is 491. The molecule has 7 nitrogen and oxygen atoms in total.